The zero-order chi connectivity index (χ0) is 19.7. The van der Waals surface area contributed by atoms with Gasteiger partial charge in [0.05, 0.1) is 5.52 Å². The van der Waals surface area contributed by atoms with E-state index in [0.29, 0.717) is 12.5 Å². The Labute approximate surface area is 165 Å². The summed E-state index contributed by atoms with van der Waals surface area (Å²) in [6, 6.07) is 18.7. The summed E-state index contributed by atoms with van der Waals surface area (Å²) in [5.41, 5.74) is 12.5. The number of hydrogen-bond acceptors (Lipinski definition) is 4. The van der Waals surface area contributed by atoms with Crippen molar-refractivity contribution in [2.75, 3.05) is 5.32 Å². The Morgan fingerprint density at radius 1 is 0.964 bits per heavy atom. The van der Waals surface area contributed by atoms with Crippen molar-refractivity contribution in [2.45, 2.75) is 33.9 Å². The van der Waals surface area contributed by atoms with Crippen LogP contribution in [-0.2, 0) is 13.1 Å². The fraction of sp³-hybridized carbons (Fsp3) is 0.217. The Kier molecular flexibility index (Phi) is 4.84. The highest BCUT2D eigenvalue weighted by Crippen LogP contribution is 2.27. The van der Waals surface area contributed by atoms with E-state index >= 15 is 0 Å². The summed E-state index contributed by atoms with van der Waals surface area (Å²) in [7, 11) is 0. The number of nitrogens with two attached hydrogens (primary N) is 1. The maximum absolute atomic E-state index is 5.93. The second-order valence-electron chi connectivity index (χ2n) is 7.10. The van der Waals surface area contributed by atoms with Crippen LogP contribution in [0.5, 0.6) is 0 Å². The van der Waals surface area contributed by atoms with Crippen LogP contribution in [0.4, 0.5) is 5.82 Å². The molecule has 2 heterocycles. The number of benzene rings is 2. The number of fused-ring (bicyclic) bond motifs is 1. The van der Waals surface area contributed by atoms with Crippen molar-refractivity contribution >= 4 is 16.7 Å². The SMILES string of the molecule is Cc1nc(-n2c(C)cc3c(CN)cccc32)nc(NCc2ccccc2)c1C. The molecule has 4 rings (SSSR count). The first-order chi connectivity index (χ1) is 13.6. The second kappa shape index (κ2) is 7.44. The lowest BCUT2D eigenvalue weighted by Gasteiger charge is -2.14. The van der Waals surface area contributed by atoms with Gasteiger partial charge in [-0.1, -0.05) is 42.5 Å². The lowest BCUT2D eigenvalue weighted by atomic mass is 10.1. The Morgan fingerprint density at radius 2 is 1.75 bits per heavy atom. The van der Waals surface area contributed by atoms with Crippen LogP contribution in [0, 0.1) is 20.8 Å². The number of aromatic nitrogens is 3. The number of nitrogens with zero attached hydrogens (tertiary/aromatic N) is 3. The Morgan fingerprint density at radius 3 is 2.50 bits per heavy atom. The molecule has 0 saturated carbocycles. The van der Waals surface area contributed by atoms with Gasteiger partial charge in [-0.15, -0.1) is 0 Å². The molecular weight excluding hydrogens is 346 g/mol. The molecule has 28 heavy (non-hydrogen) atoms. The topological polar surface area (TPSA) is 68.8 Å². The van der Waals surface area contributed by atoms with Gasteiger partial charge in [-0.2, -0.15) is 4.98 Å². The Bertz CT molecular complexity index is 1130. The molecule has 0 saturated heterocycles. The van der Waals surface area contributed by atoms with Crippen LogP contribution < -0.4 is 11.1 Å². The highest BCUT2D eigenvalue weighted by Gasteiger charge is 2.15. The predicted octanol–water partition coefficient (Wildman–Crippen LogP) is 4.42. The van der Waals surface area contributed by atoms with E-state index in [0.717, 1.165) is 45.8 Å². The average Bonchev–Trinajstić information content (AvgIpc) is 3.05. The minimum Gasteiger partial charge on any atom is -0.366 e. The molecule has 0 aliphatic rings. The van der Waals surface area contributed by atoms with Gasteiger partial charge in [-0.05, 0) is 44.0 Å². The van der Waals surface area contributed by atoms with Crippen molar-refractivity contribution in [3.05, 3.63) is 82.7 Å². The molecule has 142 valence electrons. The molecule has 0 fully saturated rings. The van der Waals surface area contributed by atoms with Gasteiger partial charge in [-0.3, -0.25) is 4.57 Å². The monoisotopic (exact) mass is 371 g/mol. The molecule has 4 aromatic rings. The highest BCUT2D eigenvalue weighted by atomic mass is 15.2. The minimum atomic E-state index is 0.512. The lowest BCUT2D eigenvalue weighted by molar-refractivity contribution is 0.898. The summed E-state index contributed by atoms with van der Waals surface area (Å²) >= 11 is 0. The third-order valence-corrected chi connectivity index (χ3v) is 5.22. The normalized spacial score (nSPS) is 11.1. The van der Waals surface area contributed by atoms with Crippen molar-refractivity contribution in [3.8, 4) is 5.95 Å². The standard InChI is InChI=1S/C23H25N5/c1-15-12-20-19(13-24)10-7-11-21(20)28(15)23-26-17(3)16(2)22(27-23)25-14-18-8-5-4-6-9-18/h4-12H,13-14,24H2,1-3H3,(H,25,26,27). The zero-order valence-electron chi connectivity index (χ0n) is 16.5. The molecule has 2 aromatic carbocycles. The average molecular weight is 371 g/mol. The summed E-state index contributed by atoms with van der Waals surface area (Å²) in [6.07, 6.45) is 0. The van der Waals surface area contributed by atoms with Gasteiger partial charge in [0.25, 0.3) is 0 Å². The van der Waals surface area contributed by atoms with E-state index in [1.165, 1.54) is 5.56 Å². The molecule has 0 aliphatic heterocycles. The Balaban J connectivity index is 1.78. The third-order valence-electron chi connectivity index (χ3n) is 5.22. The molecule has 0 atom stereocenters. The number of rotatable bonds is 5. The van der Waals surface area contributed by atoms with Crippen LogP contribution in [0.1, 0.15) is 28.1 Å². The van der Waals surface area contributed by atoms with Crippen LogP contribution in [0.15, 0.2) is 54.6 Å². The lowest BCUT2D eigenvalue weighted by Crippen LogP contribution is -2.11. The van der Waals surface area contributed by atoms with Crippen LogP contribution in [0.3, 0.4) is 0 Å². The molecule has 0 spiro atoms. The summed E-state index contributed by atoms with van der Waals surface area (Å²) in [5.74, 6) is 1.54. The van der Waals surface area contributed by atoms with E-state index in [2.05, 4.69) is 54.1 Å². The molecule has 5 heteroatoms. The molecule has 0 aliphatic carbocycles. The third kappa shape index (κ3) is 3.25. The van der Waals surface area contributed by atoms with Gasteiger partial charge in [0.15, 0.2) is 0 Å². The molecule has 0 radical (unpaired) electrons. The number of hydrogen-bond donors (Lipinski definition) is 2. The quantitative estimate of drug-likeness (QED) is 0.545. The van der Waals surface area contributed by atoms with Gasteiger partial charge in [-0.25, -0.2) is 4.98 Å². The van der Waals surface area contributed by atoms with Gasteiger partial charge >= 0.3 is 0 Å². The van der Waals surface area contributed by atoms with Gasteiger partial charge in [0.2, 0.25) is 5.95 Å². The molecule has 0 amide bonds. The van der Waals surface area contributed by atoms with Crippen molar-refractivity contribution in [3.63, 3.8) is 0 Å². The van der Waals surface area contributed by atoms with Crippen LogP contribution in [0.25, 0.3) is 16.9 Å². The highest BCUT2D eigenvalue weighted by molar-refractivity contribution is 5.86. The fourth-order valence-electron chi connectivity index (χ4n) is 3.54. The molecule has 3 N–H and O–H groups in total. The van der Waals surface area contributed by atoms with Crippen LogP contribution in [-0.4, -0.2) is 14.5 Å². The molecule has 5 nitrogen and oxygen atoms in total. The number of anilines is 1. The predicted molar refractivity (Wildman–Crippen MR) is 115 cm³/mol. The summed E-state index contributed by atoms with van der Waals surface area (Å²) in [5, 5.41) is 4.63. The summed E-state index contributed by atoms with van der Waals surface area (Å²) in [4.78, 5) is 9.64. The molecular formula is C23H25N5. The smallest absolute Gasteiger partial charge is 0.236 e. The van der Waals surface area contributed by atoms with Crippen molar-refractivity contribution < 1.29 is 0 Å². The van der Waals surface area contributed by atoms with Crippen molar-refractivity contribution in [1.29, 1.82) is 0 Å². The largest absolute Gasteiger partial charge is 0.366 e. The van der Waals surface area contributed by atoms with E-state index in [9.17, 15) is 0 Å². The van der Waals surface area contributed by atoms with E-state index < -0.39 is 0 Å². The van der Waals surface area contributed by atoms with Gasteiger partial charge in [0.1, 0.15) is 5.82 Å². The summed E-state index contributed by atoms with van der Waals surface area (Å²) < 4.78 is 2.11. The first-order valence-electron chi connectivity index (χ1n) is 9.52. The molecule has 2 aromatic heterocycles. The maximum Gasteiger partial charge on any atom is 0.236 e. The van der Waals surface area contributed by atoms with E-state index in [1.807, 2.05) is 31.2 Å². The van der Waals surface area contributed by atoms with Crippen molar-refractivity contribution in [2.24, 2.45) is 5.73 Å². The molecule has 0 bridgehead atoms. The first-order valence-corrected chi connectivity index (χ1v) is 9.52. The van der Waals surface area contributed by atoms with Gasteiger partial charge in [0, 0.05) is 35.4 Å². The fourth-order valence-corrected chi connectivity index (χ4v) is 3.54. The first kappa shape index (κ1) is 18.2. The summed E-state index contributed by atoms with van der Waals surface area (Å²) in [6.45, 7) is 7.40. The minimum absolute atomic E-state index is 0.512. The van der Waals surface area contributed by atoms with Crippen LogP contribution in [0.2, 0.25) is 0 Å². The maximum atomic E-state index is 5.93. The van der Waals surface area contributed by atoms with E-state index in [-0.39, 0.29) is 0 Å². The molecule has 0 unspecified atom stereocenters. The van der Waals surface area contributed by atoms with Gasteiger partial charge < -0.3 is 11.1 Å². The van der Waals surface area contributed by atoms with Crippen molar-refractivity contribution in [1.82, 2.24) is 14.5 Å². The number of aryl methyl sites for hydroxylation is 2. The van der Waals surface area contributed by atoms with E-state index in [1.54, 1.807) is 0 Å². The number of nitrogens with one attached hydrogen (secondary N) is 1. The van der Waals surface area contributed by atoms with E-state index in [4.69, 9.17) is 15.7 Å². The Hall–Kier alpha value is -3.18. The van der Waals surface area contributed by atoms with Crippen LogP contribution >= 0.6 is 0 Å². The zero-order valence-corrected chi connectivity index (χ0v) is 16.5. The second-order valence-corrected chi connectivity index (χ2v) is 7.10.